The Morgan fingerprint density at radius 3 is 0.867 bits per heavy atom. The third kappa shape index (κ3) is 15.0. The maximum absolute atomic E-state index is 16.0. The van der Waals surface area contributed by atoms with Crippen molar-refractivity contribution in [3.8, 4) is 113 Å². The lowest BCUT2D eigenvalue weighted by Crippen LogP contribution is -2.31. The Kier molecular flexibility index (Phi) is 20.4. The second-order valence-corrected chi connectivity index (χ2v) is 37.7. The molecule has 0 saturated heterocycles. The van der Waals surface area contributed by atoms with Gasteiger partial charge in [-0.3, -0.25) is 0 Å². The predicted molar refractivity (Wildman–Crippen MR) is 476 cm³/mol. The van der Waals surface area contributed by atoms with Gasteiger partial charge in [-0.15, -0.1) is 0 Å². The predicted octanol–water partition coefficient (Wildman–Crippen LogP) is 26.7. The second-order valence-electron chi connectivity index (χ2n) is 28.9. The average Bonchev–Trinajstić information content (AvgIpc) is 0.726. The van der Waals surface area contributed by atoms with Gasteiger partial charge in [0.2, 0.25) is 10.2 Å². The number of halogens is 2. The summed E-state index contributed by atoms with van der Waals surface area (Å²) in [5, 5.41) is 5.78. The summed E-state index contributed by atoms with van der Waals surface area (Å²) in [5.41, 5.74) is 23.8. The Balaban J connectivity index is 0.000000154. The fourth-order valence-electron chi connectivity index (χ4n) is 14.9. The van der Waals surface area contributed by atoms with E-state index in [9.17, 15) is 4.57 Å². The molecule has 14 aromatic carbocycles. The van der Waals surface area contributed by atoms with E-state index in [-0.39, 0.29) is 0 Å². The third-order valence-corrected chi connectivity index (χ3v) is 29.4. The van der Waals surface area contributed by atoms with Crippen LogP contribution in [0.4, 0.5) is 0 Å². The maximum Gasteiger partial charge on any atom is 0.423 e. The van der Waals surface area contributed by atoms with Crippen LogP contribution >= 0.6 is 53.6 Å². The van der Waals surface area contributed by atoms with Crippen LogP contribution in [-0.2, 0) is 13.7 Å². The molecule has 5 heterocycles. The van der Waals surface area contributed by atoms with E-state index in [1.807, 2.05) is 236 Å². The molecule has 2 aliphatic heterocycles. The number of rotatable bonds is 10. The monoisotopic (exact) mass is 1650 g/mol. The topological polar surface area (TPSA) is 109 Å². The number of ether oxygens (including phenoxy) is 2. The molecular weight excluding hydrogens is 1580 g/mol. The molecule has 0 atom stereocenters. The molecule has 8 nitrogen and oxygen atoms in total. The molecule has 0 bridgehead atoms. The van der Waals surface area contributed by atoms with Crippen LogP contribution in [0.15, 0.2) is 353 Å². The van der Waals surface area contributed by atoms with Gasteiger partial charge in [0, 0.05) is 41.8 Å². The van der Waals surface area contributed by atoms with Crippen LogP contribution in [0.2, 0.25) is 0 Å². The maximum atomic E-state index is 16.0. The van der Waals surface area contributed by atoms with E-state index in [2.05, 4.69) is 177 Å². The number of hydrogen-bond acceptors (Lipinski definition) is 8. The largest absolute Gasteiger partial charge is 0.456 e. The fraction of sp³-hybridized carbons (Fsp3) is 0.0600. The number of fused-ring (bicyclic) bond motifs is 6. The molecule has 0 radical (unpaired) electrons. The Bertz CT molecular complexity index is 6350. The standard InChI is InChI=1S/C57H43NO4P2.C29H19Br2N.C14H12O2P/c1-36-16-24-50-54(28-36)63(59,55-29-37(2)17-25-51(55)61-50)46-14-8-12-43(32-46)48-34-45(42-22-20-41(21-23-42)40-10-6-5-7-11-40)35-49(58-48)44-13-9-15-47(33-44)64(60)56-30-38(3)18-26-52(56)62-53-27-19-39(4)31-57(53)64;30-26-10-4-8-23(16-26)28-18-25(19-29(32-28)24-9-5-11-27(31)17-24)22-14-12-21(13-15-22)20-6-2-1-3-7-20;1-9-3-5-11-13(7-9)17(15)14-8-10(2)4-6-12(14)16-11/h5-35H,1-4H3;1-19H;3-8H,1-2H3/q;;+1. The Labute approximate surface area is 675 Å². The molecule has 0 amide bonds. The summed E-state index contributed by atoms with van der Waals surface area (Å²) in [6.45, 7) is 12.1. The van der Waals surface area contributed by atoms with Gasteiger partial charge in [0.1, 0.15) is 23.0 Å². The van der Waals surface area contributed by atoms with Crippen molar-refractivity contribution in [2.24, 2.45) is 0 Å². The molecular formula is C100H74Br2N2O6P3+. The number of aromatic nitrogens is 2. The first-order chi connectivity index (χ1) is 54.8. The number of benzene rings is 14. The molecule has 17 aromatic rings. The van der Waals surface area contributed by atoms with Crippen LogP contribution in [0.1, 0.15) is 33.4 Å². The lowest BCUT2D eigenvalue weighted by atomic mass is 9.97. The Morgan fingerprint density at radius 2 is 0.540 bits per heavy atom. The zero-order valence-corrected chi connectivity index (χ0v) is 68.6. The van der Waals surface area contributed by atoms with Gasteiger partial charge in [-0.05, 0) is 231 Å². The lowest BCUT2D eigenvalue weighted by Gasteiger charge is -2.30. The molecule has 3 aromatic heterocycles. The summed E-state index contributed by atoms with van der Waals surface area (Å²) in [6, 6.07) is 115. The van der Waals surface area contributed by atoms with Crippen molar-refractivity contribution in [1.29, 1.82) is 0 Å². The number of aryl methyl sites for hydroxylation is 6. The van der Waals surface area contributed by atoms with Crippen molar-refractivity contribution in [1.82, 2.24) is 9.97 Å². The Hall–Kier alpha value is -11.7. The van der Waals surface area contributed by atoms with Gasteiger partial charge in [-0.2, -0.15) is 0 Å². The first-order valence-corrected chi connectivity index (χ1v) is 43.6. The minimum absolute atomic E-state index is 0.607. The van der Waals surface area contributed by atoms with E-state index >= 15 is 9.13 Å². The molecule has 113 heavy (non-hydrogen) atoms. The molecule has 0 aliphatic carbocycles. The van der Waals surface area contributed by atoms with Gasteiger partial charge in [0.25, 0.3) is 0 Å². The lowest BCUT2D eigenvalue weighted by molar-refractivity contribution is 0.484. The Morgan fingerprint density at radius 1 is 0.265 bits per heavy atom. The van der Waals surface area contributed by atoms with Gasteiger partial charge < -0.3 is 23.0 Å². The van der Waals surface area contributed by atoms with Gasteiger partial charge in [0.15, 0.2) is 25.4 Å². The summed E-state index contributed by atoms with van der Waals surface area (Å²) in [6.07, 6.45) is 0. The molecule has 0 N–H and O–H groups in total. The quantitative estimate of drug-likeness (QED) is 0.0984. The van der Waals surface area contributed by atoms with Crippen molar-refractivity contribution >= 4 is 107 Å². The second kappa shape index (κ2) is 31.1. The van der Waals surface area contributed by atoms with Gasteiger partial charge in [-0.25, -0.2) is 9.97 Å². The van der Waals surface area contributed by atoms with Crippen molar-refractivity contribution in [3.05, 3.63) is 382 Å². The van der Waals surface area contributed by atoms with Gasteiger partial charge in [0.05, 0.1) is 44.0 Å². The molecule has 548 valence electrons. The highest BCUT2D eigenvalue weighted by atomic mass is 79.9. The zero-order valence-electron chi connectivity index (χ0n) is 62.8. The van der Waals surface area contributed by atoms with Crippen LogP contribution in [0, 0.1) is 41.5 Å². The average molecular weight is 1650 g/mol. The first kappa shape index (κ1) is 74.1. The van der Waals surface area contributed by atoms with Crippen molar-refractivity contribution in [2.75, 3.05) is 0 Å². The summed E-state index contributed by atoms with van der Waals surface area (Å²) in [4.78, 5) is 10.4. The molecule has 0 saturated carbocycles. The zero-order chi connectivity index (χ0) is 77.7. The van der Waals surface area contributed by atoms with E-state index in [1.165, 1.54) is 16.7 Å². The third-order valence-electron chi connectivity index (χ3n) is 20.7. The summed E-state index contributed by atoms with van der Waals surface area (Å²) in [7, 11) is -8.34. The van der Waals surface area contributed by atoms with Crippen molar-refractivity contribution in [3.63, 3.8) is 0 Å². The molecule has 13 heteroatoms. The van der Waals surface area contributed by atoms with Crippen LogP contribution in [0.25, 0.3) is 111 Å². The van der Waals surface area contributed by atoms with E-state index in [1.54, 1.807) is 0 Å². The number of nitrogens with zero attached hydrogens (tertiary/aromatic N) is 2. The van der Waals surface area contributed by atoms with E-state index in [0.29, 0.717) is 66.0 Å². The molecule has 0 fully saturated rings. The molecule has 0 spiro atoms. The summed E-state index contributed by atoms with van der Waals surface area (Å²) < 4.78 is 65.1. The minimum Gasteiger partial charge on any atom is -0.456 e. The normalized spacial score (nSPS) is 12.6. The van der Waals surface area contributed by atoms with E-state index < -0.39 is 21.7 Å². The smallest absolute Gasteiger partial charge is 0.423 e. The summed E-state index contributed by atoms with van der Waals surface area (Å²) >= 11 is 7.18. The molecule has 19 rings (SSSR count). The molecule has 0 unspecified atom stereocenters. The highest BCUT2D eigenvalue weighted by Gasteiger charge is 2.41. The van der Waals surface area contributed by atoms with Crippen molar-refractivity contribution < 1.29 is 27.6 Å². The number of hydrogen-bond donors (Lipinski definition) is 0. The van der Waals surface area contributed by atoms with Gasteiger partial charge >= 0.3 is 7.41 Å². The fourth-order valence-corrected chi connectivity index (χ4v) is 23.3. The SMILES string of the molecule is Brc1cccc(-c2cc(-c3ccc(-c4ccccc4)cc3)cc(-c3cccc(Br)c3)n2)c1.Cc1ccc2c(c1)P(=O)(c1cccc(-c3cc(-c4ccc(-c5ccccc5)cc4)cc(-c4cccc(P5(=O)c6cc(C)ccc6Oc6ccc(C)cc65)c4)n3)c1)c1cc(C)ccc1O2.Cc1ccc2oc3ccc(C)cc3[p+](=O)c2c1. The first-order valence-electron chi connectivity index (χ1n) is 37.3. The van der Waals surface area contributed by atoms with E-state index in [0.717, 1.165) is 125 Å². The number of pyridine rings is 2. The van der Waals surface area contributed by atoms with Gasteiger partial charge in [-0.1, -0.05) is 265 Å². The highest BCUT2D eigenvalue weighted by Crippen LogP contribution is 2.54. The van der Waals surface area contributed by atoms with Crippen LogP contribution in [-0.4, -0.2) is 9.97 Å². The van der Waals surface area contributed by atoms with Crippen molar-refractivity contribution in [2.45, 2.75) is 41.5 Å². The minimum atomic E-state index is -3.41. The summed E-state index contributed by atoms with van der Waals surface area (Å²) in [5.74, 6) is 2.43. The van der Waals surface area contributed by atoms with Crippen LogP contribution < -0.4 is 41.3 Å². The highest BCUT2D eigenvalue weighted by molar-refractivity contribution is 9.10. The van der Waals surface area contributed by atoms with Crippen LogP contribution in [0.3, 0.4) is 0 Å². The van der Waals surface area contributed by atoms with Crippen LogP contribution in [0.5, 0.6) is 23.0 Å². The molecule has 2 aliphatic rings. The van der Waals surface area contributed by atoms with E-state index in [4.69, 9.17) is 23.9 Å².